The largest absolute Gasteiger partial charge is 0.481 e. The maximum atomic E-state index is 10.6. The molecule has 0 saturated carbocycles. The second-order valence-corrected chi connectivity index (χ2v) is 3.12. The van der Waals surface area contributed by atoms with Gasteiger partial charge >= 0.3 is 5.97 Å². The standard InChI is InChI=1S/C8H15NO2/c1-2-7-5-6(8(10)11)3-4-9-7/h6-7,9H,2-5H2,1H3,(H,10,11)/t6?,7-/m1/s1. The molecule has 11 heavy (non-hydrogen) atoms. The van der Waals surface area contributed by atoms with Crippen molar-refractivity contribution in [2.75, 3.05) is 6.54 Å². The quantitative estimate of drug-likeness (QED) is 0.624. The van der Waals surface area contributed by atoms with Crippen LogP contribution in [0.3, 0.4) is 0 Å². The van der Waals surface area contributed by atoms with Crippen LogP contribution in [0.4, 0.5) is 0 Å². The fraction of sp³-hybridized carbons (Fsp3) is 0.875. The number of rotatable bonds is 2. The van der Waals surface area contributed by atoms with Crippen molar-refractivity contribution in [2.45, 2.75) is 32.2 Å². The summed E-state index contributed by atoms with van der Waals surface area (Å²) in [4.78, 5) is 10.6. The highest BCUT2D eigenvalue weighted by Gasteiger charge is 2.24. The van der Waals surface area contributed by atoms with Gasteiger partial charge in [-0.1, -0.05) is 6.92 Å². The zero-order valence-corrected chi connectivity index (χ0v) is 6.84. The number of hydrogen-bond acceptors (Lipinski definition) is 2. The molecule has 0 bridgehead atoms. The minimum absolute atomic E-state index is 0.110. The monoisotopic (exact) mass is 157 g/mol. The normalized spacial score (nSPS) is 31.7. The van der Waals surface area contributed by atoms with E-state index in [0.29, 0.717) is 6.04 Å². The summed E-state index contributed by atoms with van der Waals surface area (Å²) in [5, 5.41) is 12.0. The van der Waals surface area contributed by atoms with Crippen molar-refractivity contribution < 1.29 is 9.90 Å². The molecule has 0 aromatic rings. The summed E-state index contributed by atoms with van der Waals surface area (Å²) in [7, 11) is 0. The van der Waals surface area contributed by atoms with E-state index in [9.17, 15) is 4.79 Å². The molecular weight excluding hydrogens is 142 g/mol. The molecule has 1 rings (SSSR count). The van der Waals surface area contributed by atoms with Gasteiger partial charge in [0.2, 0.25) is 0 Å². The fourth-order valence-corrected chi connectivity index (χ4v) is 1.54. The van der Waals surface area contributed by atoms with Crippen LogP contribution in [-0.2, 0) is 4.79 Å². The van der Waals surface area contributed by atoms with Crippen LogP contribution < -0.4 is 5.32 Å². The third kappa shape index (κ3) is 2.19. The Hall–Kier alpha value is -0.570. The van der Waals surface area contributed by atoms with Gasteiger partial charge in [-0.2, -0.15) is 0 Å². The number of piperidine rings is 1. The summed E-state index contributed by atoms with van der Waals surface area (Å²) in [5.74, 6) is -0.744. The molecule has 0 aromatic heterocycles. The first kappa shape index (κ1) is 8.53. The molecule has 1 unspecified atom stereocenters. The highest BCUT2D eigenvalue weighted by atomic mass is 16.4. The van der Waals surface area contributed by atoms with E-state index < -0.39 is 5.97 Å². The maximum absolute atomic E-state index is 10.6. The van der Waals surface area contributed by atoms with E-state index in [1.54, 1.807) is 0 Å². The molecule has 0 aliphatic carbocycles. The van der Waals surface area contributed by atoms with Crippen molar-refractivity contribution in [3.8, 4) is 0 Å². The topological polar surface area (TPSA) is 49.3 Å². The average molecular weight is 157 g/mol. The second kappa shape index (κ2) is 3.72. The van der Waals surface area contributed by atoms with Crippen LogP contribution in [0, 0.1) is 5.92 Å². The van der Waals surface area contributed by atoms with E-state index in [2.05, 4.69) is 12.2 Å². The Morgan fingerprint density at radius 2 is 2.45 bits per heavy atom. The van der Waals surface area contributed by atoms with Crippen molar-refractivity contribution in [3.63, 3.8) is 0 Å². The molecule has 3 nitrogen and oxygen atoms in total. The number of hydrogen-bond donors (Lipinski definition) is 2. The Labute approximate surface area is 66.8 Å². The van der Waals surface area contributed by atoms with E-state index in [1.807, 2.05) is 0 Å². The lowest BCUT2D eigenvalue weighted by atomic mass is 9.91. The second-order valence-electron chi connectivity index (χ2n) is 3.12. The number of aliphatic carboxylic acids is 1. The lowest BCUT2D eigenvalue weighted by Gasteiger charge is -2.26. The maximum Gasteiger partial charge on any atom is 0.306 e. The fourth-order valence-electron chi connectivity index (χ4n) is 1.54. The first-order valence-electron chi connectivity index (χ1n) is 4.20. The Bertz CT molecular complexity index is 147. The SMILES string of the molecule is CC[C@@H]1CC(C(=O)O)CCN1. The van der Waals surface area contributed by atoms with Gasteiger partial charge in [0.1, 0.15) is 0 Å². The van der Waals surface area contributed by atoms with Gasteiger partial charge in [0.25, 0.3) is 0 Å². The van der Waals surface area contributed by atoms with Gasteiger partial charge in [0.05, 0.1) is 5.92 Å². The van der Waals surface area contributed by atoms with Crippen molar-refractivity contribution in [3.05, 3.63) is 0 Å². The molecule has 0 spiro atoms. The van der Waals surface area contributed by atoms with Crippen molar-refractivity contribution in [2.24, 2.45) is 5.92 Å². The van der Waals surface area contributed by atoms with Gasteiger partial charge < -0.3 is 10.4 Å². The van der Waals surface area contributed by atoms with Gasteiger partial charge in [-0.15, -0.1) is 0 Å². The first-order valence-corrected chi connectivity index (χ1v) is 4.20. The van der Waals surface area contributed by atoms with Gasteiger partial charge in [-0.25, -0.2) is 0 Å². The predicted molar refractivity (Wildman–Crippen MR) is 42.4 cm³/mol. The van der Waals surface area contributed by atoms with Crippen molar-refractivity contribution in [1.82, 2.24) is 5.32 Å². The van der Waals surface area contributed by atoms with Gasteiger partial charge in [-0.3, -0.25) is 4.79 Å². The predicted octanol–water partition coefficient (Wildman–Crippen LogP) is 0.849. The number of carboxylic acids is 1. The molecule has 3 heteroatoms. The molecule has 1 aliphatic rings. The average Bonchev–Trinajstić information content (AvgIpc) is 2.05. The highest BCUT2D eigenvalue weighted by Crippen LogP contribution is 2.17. The minimum Gasteiger partial charge on any atom is -0.481 e. The molecule has 0 amide bonds. The van der Waals surface area contributed by atoms with Crippen LogP contribution in [0.1, 0.15) is 26.2 Å². The molecule has 64 valence electrons. The lowest BCUT2D eigenvalue weighted by Crippen LogP contribution is -2.39. The summed E-state index contributed by atoms with van der Waals surface area (Å²) in [6.07, 6.45) is 2.61. The molecular formula is C8H15NO2. The molecule has 2 N–H and O–H groups in total. The smallest absolute Gasteiger partial charge is 0.306 e. The third-order valence-electron chi connectivity index (χ3n) is 2.34. The van der Waals surface area contributed by atoms with E-state index in [-0.39, 0.29) is 5.92 Å². The van der Waals surface area contributed by atoms with Gasteiger partial charge in [0.15, 0.2) is 0 Å². The Balaban J connectivity index is 2.39. The first-order chi connectivity index (χ1) is 5.24. The molecule has 0 radical (unpaired) electrons. The number of nitrogens with one attached hydrogen (secondary N) is 1. The summed E-state index contributed by atoms with van der Waals surface area (Å²) >= 11 is 0. The summed E-state index contributed by atoms with van der Waals surface area (Å²) in [6.45, 7) is 2.94. The van der Waals surface area contributed by atoms with E-state index >= 15 is 0 Å². The van der Waals surface area contributed by atoms with Crippen LogP contribution in [0.5, 0.6) is 0 Å². The third-order valence-corrected chi connectivity index (χ3v) is 2.34. The van der Waals surface area contributed by atoms with Crippen molar-refractivity contribution in [1.29, 1.82) is 0 Å². The lowest BCUT2D eigenvalue weighted by molar-refractivity contribution is -0.142. The molecule has 0 aromatic carbocycles. The molecule has 1 fully saturated rings. The summed E-state index contributed by atoms with van der Waals surface area (Å²) < 4.78 is 0. The van der Waals surface area contributed by atoms with Gasteiger partial charge in [-0.05, 0) is 25.8 Å². The van der Waals surface area contributed by atoms with Crippen LogP contribution in [0.2, 0.25) is 0 Å². The van der Waals surface area contributed by atoms with E-state index in [1.165, 1.54) is 0 Å². The van der Waals surface area contributed by atoms with Crippen LogP contribution in [0.15, 0.2) is 0 Å². The highest BCUT2D eigenvalue weighted by molar-refractivity contribution is 5.70. The van der Waals surface area contributed by atoms with Crippen LogP contribution in [0.25, 0.3) is 0 Å². The van der Waals surface area contributed by atoms with Crippen molar-refractivity contribution >= 4 is 5.97 Å². The molecule has 1 heterocycles. The number of carboxylic acid groups (broad SMARTS) is 1. The Kier molecular flexibility index (Phi) is 2.88. The van der Waals surface area contributed by atoms with Crippen LogP contribution in [-0.4, -0.2) is 23.7 Å². The zero-order valence-electron chi connectivity index (χ0n) is 6.84. The molecule has 1 aliphatic heterocycles. The Morgan fingerprint density at radius 3 is 3.00 bits per heavy atom. The summed E-state index contributed by atoms with van der Waals surface area (Å²) in [6, 6.07) is 0.421. The Morgan fingerprint density at radius 1 is 1.73 bits per heavy atom. The minimum atomic E-state index is -0.634. The van der Waals surface area contributed by atoms with Crippen LogP contribution >= 0.6 is 0 Å². The summed E-state index contributed by atoms with van der Waals surface area (Å²) in [5.41, 5.74) is 0. The molecule has 1 saturated heterocycles. The van der Waals surface area contributed by atoms with E-state index in [4.69, 9.17) is 5.11 Å². The molecule has 2 atom stereocenters. The van der Waals surface area contributed by atoms with Gasteiger partial charge in [0, 0.05) is 6.04 Å². The zero-order chi connectivity index (χ0) is 8.27. The van der Waals surface area contributed by atoms with E-state index in [0.717, 1.165) is 25.8 Å². The number of carbonyl (C=O) groups is 1.